The number of hydrogen-bond donors (Lipinski definition) is 2. The predicted octanol–water partition coefficient (Wildman–Crippen LogP) is 2.42. The van der Waals surface area contributed by atoms with Crippen LogP contribution in [-0.2, 0) is 0 Å². The molecule has 1 heterocycles. The van der Waals surface area contributed by atoms with Gasteiger partial charge in [-0.1, -0.05) is 0 Å². The van der Waals surface area contributed by atoms with Gasteiger partial charge in [0.05, 0.1) is 34.9 Å². The van der Waals surface area contributed by atoms with Gasteiger partial charge in [0, 0.05) is 6.20 Å². The van der Waals surface area contributed by atoms with E-state index >= 15 is 0 Å². The highest BCUT2D eigenvalue weighted by molar-refractivity contribution is 5.71. The zero-order valence-electron chi connectivity index (χ0n) is 8.81. The number of nitrogens with one attached hydrogen (secondary N) is 1. The zero-order valence-corrected chi connectivity index (χ0v) is 8.81. The van der Waals surface area contributed by atoms with Crippen molar-refractivity contribution in [2.24, 2.45) is 0 Å². The molecule has 17 heavy (non-hydrogen) atoms. The van der Waals surface area contributed by atoms with Gasteiger partial charge in [-0.2, -0.15) is 5.26 Å². The molecule has 5 heteroatoms. The van der Waals surface area contributed by atoms with Crippen molar-refractivity contribution in [1.29, 1.82) is 5.26 Å². The Morgan fingerprint density at radius 3 is 2.76 bits per heavy atom. The van der Waals surface area contributed by atoms with Gasteiger partial charge in [-0.05, 0) is 24.3 Å². The van der Waals surface area contributed by atoms with E-state index in [-0.39, 0.29) is 11.3 Å². The lowest BCUT2D eigenvalue weighted by molar-refractivity contribution is 0.631. The number of rotatable bonds is 2. The fourth-order valence-electron chi connectivity index (χ4n) is 1.35. The molecule has 0 saturated carbocycles. The highest BCUT2D eigenvalue weighted by Gasteiger charge is 2.05. The number of benzene rings is 1. The summed E-state index contributed by atoms with van der Waals surface area (Å²) in [5, 5.41) is 11.5. The van der Waals surface area contributed by atoms with Crippen LogP contribution in [0.4, 0.5) is 21.5 Å². The number of pyridine rings is 1. The minimum absolute atomic E-state index is 0.266. The van der Waals surface area contributed by atoms with Crippen LogP contribution in [0.2, 0.25) is 0 Å². The SMILES string of the molecule is N#Cc1ccc(Nc2ccncc2N)c(F)c1. The van der Waals surface area contributed by atoms with E-state index in [0.29, 0.717) is 11.4 Å². The highest BCUT2D eigenvalue weighted by Crippen LogP contribution is 2.24. The molecule has 3 N–H and O–H groups in total. The fourth-order valence-corrected chi connectivity index (χ4v) is 1.35. The summed E-state index contributed by atoms with van der Waals surface area (Å²) >= 11 is 0. The first kappa shape index (κ1) is 10.9. The first-order valence-electron chi connectivity index (χ1n) is 4.87. The molecule has 0 atom stereocenters. The van der Waals surface area contributed by atoms with E-state index in [9.17, 15) is 4.39 Å². The fraction of sp³-hybridized carbons (Fsp3) is 0. The van der Waals surface area contributed by atoms with Gasteiger partial charge in [-0.25, -0.2) is 4.39 Å². The molecule has 0 amide bonds. The number of nitrogens with zero attached hydrogens (tertiary/aromatic N) is 2. The molecule has 2 rings (SSSR count). The van der Waals surface area contributed by atoms with E-state index in [1.165, 1.54) is 24.4 Å². The van der Waals surface area contributed by atoms with E-state index in [0.717, 1.165) is 0 Å². The topological polar surface area (TPSA) is 74.7 Å². The molecule has 0 fully saturated rings. The molecule has 1 aromatic heterocycles. The van der Waals surface area contributed by atoms with Gasteiger partial charge >= 0.3 is 0 Å². The molecule has 0 radical (unpaired) electrons. The van der Waals surface area contributed by atoms with E-state index < -0.39 is 5.82 Å². The summed E-state index contributed by atoms with van der Waals surface area (Å²) in [6, 6.07) is 7.70. The van der Waals surface area contributed by atoms with Gasteiger partial charge in [0.1, 0.15) is 5.82 Å². The number of nitriles is 1. The van der Waals surface area contributed by atoms with Crippen LogP contribution in [0.25, 0.3) is 0 Å². The second kappa shape index (κ2) is 4.49. The number of anilines is 3. The Labute approximate surface area is 97.5 Å². The third-order valence-corrected chi connectivity index (χ3v) is 2.22. The number of nitrogens with two attached hydrogens (primary N) is 1. The second-order valence-corrected chi connectivity index (χ2v) is 3.39. The first-order chi connectivity index (χ1) is 8.20. The minimum Gasteiger partial charge on any atom is -0.396 e. The largest absolute Gasteiger partial charge is 0.396 e. The molecular formula is C12H9FN4. The van der Waals surface area contributed by atoms with Crippen LogP contribution in [0.3, 0.4) is 0 Å². The van der Waals surface area contributed by atoms with Gasteiger partial charge in [0.2, 0.25) is 0 Å². The van der Waals surface area contributed by atoms with Crippen molar-refractivity contribution < 1.29 is 4.39 Å². The maximum Gasteiger partial charge on any atom is 0.147 e. The maximum atomic E-state index is 13.6. The van der Waals surface area contributed by atoms with Crippen LogP contribution in [0.5, 0.6) is 0 Å². The summed E-state index contributed by atoms with van der Waals surface area (Å²) in [6.45, 7) is 0. The number of aromatic nitrogens is 1. The standard InChI is InChI=1S/C12H9FN4/c13-9-5-8(6-14)1-2-11(9)17-12-3-4-16-7-10(12)15/h1-5,7H,15H2,(H,16,17). The minimum atomic E-state index is -0.500. The van der Waals surface area contributed by atoms with Gasteiger partial charge in [-0.15, -0.1) is 0 Å². The number of hydrogen-bond acceptors (Lipinski definition) is 4. The molecule has 0 saturated heterocycles. The van der Waals surface area contributed by atoms with Crippen molar-refractivity contribution >= 4 is 17.1 Å². The Balaban J connectivity index is 2.32. The third kappa shape index (κ3) is 2.32. The third-order valence-electron chi connectivity index (χ3n) is 2.22. The van der Waals surface area contributed by atoms with Gasteiger partial charge in [0.15, 0.2) is 0 Å². The van der Waals surface area contributed by atoms with Crippen molar-refractivity contribution in [2.75, 3.05) is 11.1 Å². The molecule has 84 valence electrons. The Bertz CT molecular complexity index is 589. The molecule has 0 unspecified atom stereocenters. The average molecular weight is 228 g/mol. The number of halogens is 1. The highest BCUT2D eigenvalue weighted by atomic mass is 19.1. The average Bonchev–Trinajstić information content (AvgIpc) is 2.34. The molecule has 1 aromatic carbocycles. The smallest absolute Gasteiger partial charge is 0.147 e. The van der Waals surface area contributed by atoms with Gasteiger partial charge in [-0.3, -0.25) is 4.98 Å². The lowest BCUT2D eigenvalue weighted by atomic mass is 10.2. The van der Waals surface area contributed by atoms with Crippen LogP contribution in [0.1, 0.15) is 5.56 Å². The van der Waals surface area contributed by atoms with Crippen LogP contribution < -0.4 is 11.1 Å². The molecule has 2 aromatic rings. The van der Waals surface area contributed by atoms with Crippen molar-refractivity contribution in [3.05, 3.63) is 48.0 Å². The van der Waals surface area contributed by atoms with Crippen molar-refractivity contribution in [2.45, 2.75) is 0 Å². The Hall–Kier alpha value is -2.61. The molecule has 0 aliphatic carbocycles. The summed E-state index contributed by atoms with van der Waals surface area (Å²) in [4.78, 5) is 3.83. The van der Waals surface area contributed by atoms with Crippen LogP contribution in [-0.4, -0.2) is 4.98 Å². The van der Waals surface area contributed by atoms with Gasteiger partial charge in [0.25, 0.3) is 0 Å². The Kier molecular flexibility index (Phi) is 2.88. The molecule has 0 aliphatic rings. The summed E-state index contributed by atoms with van der Waals surface area (Å²) in [5.74, 6) is -0.500. The summed E-state index contributed by atoms with van der Waals surface area (Å²) < 4.78 is 13.6. The lowest BCUT2D eigenvalue weighted by Crippen LogP contribution is -1.98. The quantitative estimate of drug-likeness (QED) is 0.827. The monoisotopic (exact) mass is 228 g/mol. The summed E-state index contributed by atoms with van der Waals surface area (Å²) in [5.41, 5.74) is 7.21. The molecular weight excluding hydrogens is 219 g/mol. The van der Waals surface area contributed by atoms with Crippen molar-refractivity contribution in [1.82, 2.24) is 4.98 Å². The van der Waals surface area contributed by atoms with Crippen molar-refractivity contribution in [3.63, 3.8) is 0 Å². The summed E-state index contributed by atoms with van der Waals surface area (Å²) in [6.07, 6.45) is 3.03. The van der Waals surface area contributed by atoms with Crippen LogP contribution in [0, 0.1) is 17.1 Å². The number of nitrogen functional groups attached to an aromatic ring is 1. The first-order valence-corrected chi connectivity index (χ1v) is 4.87. The van der Waals surface area contributed by atoms with Crippen LogP contribution >= 0.6 is 0 Å². The van der Waals surface area contributed by atoms with Gasteiger partial charge < -0.3 is 11.1 Å². The van der Waals surface area contributed by atoms with Crippen LogP contribution in [0.15, 0.2) is 36.7 Å². The Morgan fingerprint density at radius 2 is 2.12 bits per heavy atom. The van der Waals surface area contributed by atoms with E-state index in [1.807, 2.05) is 6.07 Å². The Morgan fingerprint density at radius 1 is 1.29 bits per heavy atom. The van der Waals surface area contributed by atoms with E-state index in [1.54, 1.807) is 12.3 Å². The van der Waals surface area contributed by atoms with E-state index in [4.69, 9.17) is 11.0 Å². The summed E-state index contributed by atoms with van der Waals surface area (Å²) in [7, 11) is 0. The molecule has 0 bridgehead atoms. The maximum absolute atomic E-state index is 13.6. The molecule has 0 aliphatic heterocycles. The lowest BCUT2D eigenvalue weighted by Gasteiger charge is -2.09. The van der Waals surface area contributed by atoms with E-state index in [2.05, 4.69) is 10.3 Å². The predicted molar refractivity (Wildman–Crippen MR) is 63.0 cm³/mol. The normalized spacial score (nSPS) is 9.65. The molecule has 0 spiro atoms. The zero-order chi connectivity index (χ0) is 12.3. The van der Waals surface area contributed by atoms with Crippen molar-refractivity contribution in [3.8, 4) is 6.07 Å². The molecule has 4 nitrogen and oxygen atoms in total. The second-order valence-electron chi connectivity index (χ2n) is 3.39.